The fourth-order valence-corrected chi connectivity index (χ4v) is 6.43. The number of carbonyl (C=O) groups is 3. The molecule has 1 heterocycles. The Bertz CT molecular complexity index is 1740. The zero-order chi connectivity index (χ0) is 37.5. The summed E-state index contributed by atoms with van der Waals surface area (Å²) in [6.45, 7) is 21.8. The minimum Gasteiger partial charge on any atom is -0.507 e. The van der Waals surface area contributed by atoms with Crippen molar-refractivity contribution in [1.29, 1.82) is 0 Å². The van der Waals surface area contributed by atoms with E-state index < -0.39 is 33.7 Å². The number of phenols is 1. The van der Waals surface area contributed by atoms with Crippen LogP contribution in [0, 0.1) is 0 Å². The van der Waals surface area contributed by atoms with E-state index in [0.717, 1.165) is 11.1 Å². The number of carbonyl (C=O) groups excluding carboxylic acids is 2. The number of aliphatic carboxylic acids is 1. The fraction of sp³-hybridized carbons (Fsp3) is 0.488. The zero-order valence-electron chi connectivity index (χ0n) is 31.1. The van der Waals surface area contributed by atoms with E-state index in [0.29, 0.717) is 45.1 Å². The van der Waals surface area contributed by atoms with Crippen LogP contribution >= 0.6 is 11.6 Å². The minimum atomic E-state index is -1.08. The fourth-order valence-electron chi connectivity index (χ4n) is 6.25. The molecular formula is C41H51ClO8. The number of Topliss-reactive ketones (excluding diaryl/α,β-unsaturated/α-hetero) is 1. The van der Waals surface area contributed by atoms with Gasteiger partial charge in [-0.3, -0.25) is 9.59 Å². The van der Waals surface area contributed by atoms with Crippen molar-refractivity contribution >= 4 is 29.3 Å². The Morgan fingerprint density at radius 2 is 1.50 bits per heavy atom. The molecule has 8 nitrogen and oxygen atoms in total. The van der Waals surface area contributed by atoms with E-state index in [1.54, 1.807) is 36.4 Å². The quantitative estimate of drug-likeness (QED) is 0.122. The Morgan fingerprint density at radius 1 is 0.940 bits per heavy atom. The molecule has 9 heteroatoms. The van der Waals surface area contributed by atoms with Gasteiger partial charge >= 0.3 is 11.9 Å². The van der Waals surface area contributed by atoms with E-state index >= 15 is 0 Å². The molecule has 50 heavy (non-hydrogen) atoms. The maximum Gasteiger partial charge on any atom is 0.343 e. The summed E-state index contributed by atoms with van der Waals surface area (Å²) in [6, 6.07) is 12.2. The van der Waals surface area contributed by atoms with Crippen LogP contribution in [0.4, 0.5) is 0 Å². The summed E-state index contributed by atoms with van der Waals surface area (Å²) in [5, 5.41) is 19.3. The number of aromatic hydroxyl groups is 1. The van der Waals surface area contributed by atoms with Gasteiger partial charge in [0.25, 0.3) is 0 Å². The van der Waals surface area contributed by atoms with Gasteiger partial charge in [-0.25, -0.2) is 4.79 Å². The number of benzene rings is 3. The van der Waals surface area contributed by atoms with Crippen LogP contribution in [0.1, 0.15) is 143 Å². The Hall–Kier alpha value is -4.04. The maximum absolute atomic E-state index is 14.0. The number of ether oxygens (including phenoxy) is 3. The molecule has 0 spiro atoms. The lowest BCUT2D eigenvalue weighted by Crippen LogP contribution is -2.44. The van der Waals surface area contributed by atoms with Gasteiger partial charge in [-0.15, -0.1) is 11.6 Å². The molecule has 270 valence electrons. The van der Waals surface area contributed by atoms with Gasteiger partial charge in [-0.1, -0.05) is 81.4 Å². The molecule has 1 aliphatic rings. The first kappa shape index (κ1) is 38.8. The third kappa shape index (κ3) is 8.45. The predicted molar refractivity (Wildman–Crippen MR) is 196 cm³/mol. The second-order valence-corrected chi connectivity index (χ2v) is 16.8. The molecule has 0 aliphatic carbocycles. The largest absolute Gasteiger partial charge is 0.507 e. The summed E-state index contributed by atoms with van der Waals surface area (Å²) in [5.41, 5.74) is 2.30. The molecule has 0 saturated carbocycles. The van der Waals surface area contributed by atoms with Crippen molar-refractivity contribution in [3.05, 3.63) is 81.4 Å². The number of esters is 1. The van der Waals surface area contributed by atoms with Crippen LogP contribution in [0.25, 0.3) is 0 Å². The Morgan fingerprint density at radius 3 is 1.98 bits per heavy atom. The molecule has 2 N–H and O–H groups in total. The van der Waals surface area contributed by atoms with Crippen LogP contribution in [0.5, 0.6) is 23.0 Å². The van der Waals surface area contributed by atoms with Crippen molar-refractivity contribution in [2.24, 2.45) is 0 Å². The van der Waals surface area contributed by atoms with Crippen molar-refractivity contribution in [3.63, 3.8) is 0 Å². The minimum absolute atomic E-state index is 0.0423. The number of hydrogen-bond donors (Lipinski definition) is 2. The smallest absolute Gasteiger partial charge is 0.343 e. The number of rotatable bonds is 10. The maximum atomic E-state index is 14.0. The second-order valence-electron chi connectivity index (χ2n) is 16.3. The van der Waals surface area contributed by atoms with Crippen LogP contribution in [0.15, 0.2) is 42.5 Å². The molecule has 2 unspecified atom stereocenters. The van der Waals surface area contributed by atoms with Gasteiger partial charge in [0.15, 0.2) is 5.78 Å². The summed E-state index contributed by atoms with van der Waals surface area (Å²) >= 11 is 5.88. The summed E-state index contributed by atoms with van der Waals surface area (Å²) in [5.74, 6) is -0.535. The van der Waals surface area contributed by atoms with E-state index in [4.69, 9.17) is 30.9 Å². The highest BCUT2D eigenvalue weighted by molar-refractivity contribution is 6.29. The van der Waals surface area contributed by atoms with Crippen molar-refractivity contribution in [2.75, 3.05) is 6.61 Å². The highest BCUT2D eigenvalue weighted by atomic mass is 35.5. The van der Waals surface area contributed by atoms with Crippen molar-refractivity contribution in [2.45, 2.75) is 123 Å². The summed E-state index contributed by atoms with van der Waals surface area (Å²) in [6.07, 6.45) is 0.225. The van der Waals surface area contributed by atoms with Gasteiger partial charge in [-0.2, -0.15) is 0 Å². The Kier molecular flexibility index (Phi) is 11.1. The average Bonchev–Trinajstić information content (AvgIpc) is 2.99. The zero-order valence-corrected chi connectivity index (χ0v) is 31.9. The second kappa shape index (κ2) is 14.3. The molecule has 0 bridgehead atoms. The molecule has 0 radical (unpaired) electrons. The third-order valence-corrected chi connectivity index (χ3v) is 9.33. The van der Waals surface area contributed by atoms with Crippen LogP contribution < -0.4 is 14.2 Å². The Labute approximate surface area is 301 Å². The molecule has 0 saturated heterocycles. The van der Waals surface area contributed by atoms with Gasteiger partial charge in [0.1, 0.15) is 40.6 Å². The van der Waals surface area contributed by atoms with Crippen LogP contribution in [0.2, 0.25) is 0 Å². The molecule has 3 aromatic rings. The van der Waals surface area contributed by atoms with Gasteiger partial charge in [-0.05, 0) is 71.9 Å². The third-order valence-electron chi connectivity index (χ3n) is 8.98. The lowest BCUT2D eigenvalue weighted by Gasteiger charge is -2.37. The molecule has 3 aromatic carbocycles. The number of carboxylic acids is 1. The first-order valence-electron chi connectivity index (χ1n) is 17.1. The van der Waals surface area contributed by atoms with Gasteiger partial charge in [0, 0.05) is 22.3 Å². The number of ketones is 1. The molecule has 0 aromatic heterocycles. The number of fused-ring (bicyclic) bond motifs is 1. The molecule has 0 fully saturated rings. The Balaban J connectivity index is 1.69. The molecule has 1 aliphatic heterocycles. The lowest BCUT2D eigenvalue weighted by atomic mass is 9.78. The summed E-state index contributed by atoms with van der Waals surface area (Å²) in [4.78, 5) is 39.2. The molecule has 2 atom stereocenters. The SMILES string of the molecule is CC(C)c1cc2c(c(C(C)C)c1OC(=O)c1cc(C(C)(C)C)c(O)c(C(C)(C)C)c1)C(=O)CC(C)(COc1ccc(CC(Cl)C(=O)O)cc1)O2. The lowest BCUT2D eigenvalue weighted by molar-refractivity contribution is -0.136. The normalized spacial score (nSPS) is 17.0. The monoisotopic (exact) mass is 706 g/mol. The van der Waals surface area contributed by atoms with Crippen molar-refractivity contribution < 1.29 is 38.8 Å². The molecule has 4 rings (SSSR count). The molecule has 0 amide bonds. The van der Waals surface area contributed by atoms with Crippen LogP contribution in [0.3, 0.4) is 0 Å². The topological polar surface area (TPSA) is 119 Å². The van der Waals surface area contributed by atoms with E-state index in [1.165, 1.54) is 0 Å². The van der Waals surface area contributed by atoms with E-state index in [2.05, 4.69) is 0 Å². The number of phenolic OH excluding ortho intramolecular Hbond substituents is 1. The number of hydrogen-bond acceptors (Lipinski definition) is 7. The number of carboxylic acid groups (broad SMARTS) is 1. The van der Waals surface area contributed by atoms with Crippen molar-refractivity contribution in [3.8, 4) is 23.0 Å². The van der Waals surface area contributed by atoms with Gasteiger partial charge in [0.05, 0.1) is 17.5 Å². The standard InChI is InChI=1S/C41H51ClO8/c1-22(2)27-19-32-34(31(43)20-41(11,50-32)21-48-26-14-12-24(13-15-26)16-30(42)37(45)46)33(23(3)4)36(27)49-38(47)25-17-28(39(5,6)7)35(44)29(18-25)40(8,9)10/h12-15,17-19,22-23,30,44H,16,20-21H2,1-11H3,(H,45,46). The summed E-state index contributed by atoms with van der Waals surface area (Å²) in [7, 11) is 0. The van der Waals surface area contributed by atoms with E-state index in [9.17, 15) is 19.5 Å². The van der Waals surface area contributed by atoms with E-state index in [1.807, 2.05) is 82.2 Å². The van der Waals surface area contributed by atoms with Gasteiger partial charge < -0.3 is 24.4 Å². The number of alkyl halides is 1. The molecular weight excluding hydrogens is 656 g/mol. The van der Waals surface area contributed by atoms with Crippen LogP contribution in [-0.4, -0.2) is 45.5 Å². The highest BCUT2D eigenvalue weighted by Crippen LogP contribution is 2.47. The first-order valence-corrected chi connectivity index (χ1v) is 17.6. The first-order chi connectivity index (χ1) is 23.0. The van der Waals surface area contributed by atoms with Crippen LogP contribution in [-0.2, 0) is 22.0 Å². The predicted octanol–water partition coefficient (Wildman–Crippen LogP) is 9.49. The average molecular weight is 707 g/mol. The van der Waals surface area contributed by atoms with Crippen molar-refractivity contribution in [1.82, 2.24) is 0 Å². The van der Waals surface area contributed by atoms with E-state index in [-0.39, 0.29) is 42.8 Å². The highest BCUT2D eigenvalue weighted by Gasteiger charge is 2.41. The van der Waals surface area contributed by atoms with Gasteiger partial charge in [0.2, 0.25) is 0 Å². The number of halogens is 1. The summed E-state index contributed by atoms with van der Waals surface area (Å²) < 4.78 is 18.9.